The van der Waals surface area contributed by atoms with Crippen molar-refractivity contribution in [1.29, 1.82) is 0 Å². The van der Waals surface area contributed by atoms with Crippen LogP contribution in [0.3, 0.4) is 0 Å². The van der Waals surface area contributed by atoms with Gasteiger partial charge in [0.1, 0.15) is 0 Å². The monoisotopic (exact) mass is 216 g/mol. The lowest BCUT2D eigenvalue weighted by atomic mass is 10.1. The van der Waals surface area contributed by atoms with E-state index in [1.807, 2.05) is 0 Å². The van der Waals surface area contributed by atoms with Gasteiger partial charge < -0.3 is 4.90 Å². The van der Waals surface area contributed by atoms with Crippen molar-refractivity contribution in [1.82, 2.24) is 0 Å². The maximum Gasteiger partial charge on any atom is 0.234 e. The molecule has 0 unspecified atom stereocenters. The summed E-state index contributed by atoms with van der Waals surface area (Å²) in [5.74, 6) is 0. The fourth-order valence-electron chi connectivity index (χ4n) is 2.24. The van der Waals surface area contributed by atoms with Crippen molar-refractivity contribution < 1.29 is 4.79 Å². The van der Waals surface area contributed by atoms with Crippen molar-refractivity contribution >= 4 is 11.8 Å². The molecule has 1 aromatic rings. The lowest BCUT2D eigenvalue weighted by Crippen LogP contribution is -2.18. The summed E-state index contributed by atoms with van der Waals surface area (Å²) in [6.07, 6.45) is 3.53. The normalized spacial score (nSPS) is 13.4. The Kier molecular flexibility index (Phi) is 3.37. The number of hydrogen-bond acceptors (Lipinski definition) is 3. The van der Waals surface area contributed by atoms with Gasteiger partial charge in [-0.2, -0.15) is 0 Å². The Hall–Kier alpha value is -1.60. The van der Waals surface area contributed by atoms with Gasteiger partial charge in [0.15, 0.2) is 0 Å². The maximum atomic E-state index is 9.97. The van der Waals surface area contributed by atoms with Crippen molar-refractivity contribution in [2.45, 2.75) is 19.8 Å². The topological polar surface area (TPSA) is 32.7 Å². The van der Waals surface area contributed by atoms with Crippen LogP contribution < -0.4 is 4.90 Å². The summed E-state index contributed by atoms with van der Waals surface area (Å²) in [7, 11) is 0. The molecule has 1 aliphatic heterocycles. The smallest absolute Gasteiger partial charge is 0.234 e. The number of rotatable bonds is 4. The zero-order valence-electron chi connectivity index (χ0n) is 9.57. The van der Waals surface area contributed by atoms with E-state index >= 15 is 0 Å². The summed E-state index contributed by atoms with van der Waals surface area (Å²) in [5.41, 5.74) is 4.05. The number of isocyanates is 1. The van der Waals surface area contributed by atoms with Crippen molar-refractivity contribution in [2.24, 2.45) is 4.99 Å². The molecular weight excluding hydrogens is 200 g/mol. The molecule has 0 atom stereocenters. The molecule has 0 saturated carbocycles. The van der Waals surface area contributed by atoms with E-state index in [-0.39, 0.29) is 0 Å². The van der Waals surface area contributed by atoms with E-state index in [9.17, 15) is 4.79 Å². The average molecular weight is 216 g/mol. The van der Waals surface area contributed by atoms with Crippen LogP contribution in [0.1, 0.15) is 18.1 Å². The number of aliphatic imine (C=N–C) groups is 1. The molecule has 0 fully saturated rings. The Labute approximate surface area is 95.8 Å². The number of carbonyl (C=O) groups excluding carboxylic acids is 1. The highest BCUT2D eigenvalue weighted by molar-refractivity contribution is 5.59. The maximum absolute atomic E-state index is 9.97. The summed E-state index contributed by atoms with van der Waals surface area (Å²) in [4.78, 5) is 15.9. The molecule has 0 bridgehead atoms. The first-order chi connectivity index (χ1) is 7.85. The van der Waals surface area contributed by atoms with Crippen LogP contribution in [-0.2, 0) is 17.6 Å². The highest BCUT2D eigenvalue weighted by atomic mass is 16.1. The Morgan fingerprint density at radius 3 is 3.12 bits per heavy atom. The minimum Gasteiger partial charge on any atom is -0.371 e. The van der Waals surface area contributed by atoms with E-state index in [4.69, 9.17) is 0 Å². The third-order valence-corrected chi connectivity index (χ3v) is 3.09. The summed E-state index contributed by atoms with van der Waals surface area (Å²) in [6.45, 7) is 4.92. The molecule has 1 heterocycles. The molecule has 16 heavy (non-hydrogen) atoms. The second-order valence-corrected chi connectivity index (χ2v) is 4.02. The largest absolute Gasteiger partial charge is 0.371 e. The van der Waals surface area contributed by atoms with Gasteiger partial charge in [-0.15, -0.1) is 0 Å². The van der Waals surface area contributed by atoms with E-state index in [1.165, 1.54) is 16.8 Å². The van der Waals surface area contributed by atoms with Gasteiger partial charge in [0.05, 0.1) is 6.54 Å². The zero-order chi connectivity index (χ0) is 11.4. The van der Waals surface area contributed by atoms with Gasteiger partial charge >= 0.3 is 0 Å². The van der Waals surface area contributed by atoms with Gasteiger partial charge in [-0.3, -0.25) is 0 Å². The molecule has 84 valence electrons. The number of likely N-dealkylation sites (N-methyl/N-ethyl adjacent to an activating group) is 1. The van der Waals surface area contributed by atoms with E-state index in [1.54, 1.807) is 6.08 Å². The molecule has 1 aromatic carbocycles. The fraction of sp³-hybridized carbons (Fsp3) is 0.462. The van der Waals surface area contributed by atoms with Gasteiger partial charge in [0.2, 0.25) is 6.08 Å². The van der Waals surface area contributed by atoms with Crippen LogP contribution in [0.15, 0.2) is 23.2 Å². The number of benzene rings is 1. The third-order valence-electron chi connectivity index (χ3n) is 3.09. The predicted molar refractivity (Wildman–Crippen MR) is 64.7 cm³/mol. The molecule has 0 spiro atoms. The predicted octanol–water partition coefficient (Wildman–Crippen LogP) is 1.95. The van der Waals surface area contributed by atoms with Crippen LogP contribution in [0, 0.1) is 0 Å². The van der Waals surface area contributed by atoms with E-state index in [2.05, 4.69) is 35.0 Å². The molecule has 0 saturated heterocycles. The summed E-state index contributed by atoms with van der Waals surface area (Å²) in [6, 6.07) is 6.56. The number of anilines is 1. The third kappa shape index (κ3) is 2.15. The minimum absolute atomic E-state index is 0.541. The minimum atomic E-state index is 0.541. The highest BCUT2D eigenvalue weighted by Gasteiger charge is 2.17. The van der Waals surface area contributed by atoms with Gasteiger partial charge in [-0.25, -0.2) is 9.79 Å². The molecule has 3 heteroatoms. The van der Waals surface area contributed by atoms with Gasteiger partial charge in [0, 0.05) is 18.8 Å². The van der Waals surface area contributed by atoms with Crippen molar-refractivity contribution in [2.75, 3.05) is 24.5 Å². The van der Waals surface area contributed by atoms with Crippen LogP contribution in [0.4, 0.5) is 5.69 Å². The van der Waals surface area contributed by atoms with Crippen LogP contribution in [-0.4, -0.2) is 25.7 Å². The first-order valence-electron chi connectivity index (χ1n) is 5.75. The Balaban J connectivity index is 2.11. The molecular formula is C13H16N2O. The Bertz CT molecular complexity index is 422. The van der Waals surface area contributed by atoms with Crippen LogP contribution >= 0.6 is 0 Å². The molecule has 0 N–H and O–H groups in total. The van der Waals surface area contributed by atoms with Crippen LogP contribution in [0.5, 0.6) is 0 Å². The number of fused-ring (bicyclic) bond motifs is 1. The van der Waals surface area contributed by atoms with Crippen molar-refractivity contribution in [3.05, 3.63) is 29.3 Å². The van der Waals surface area contributed by atoms with E-state index in [0.29, 0.717) is 6.54 Å². The van der Waals surface area contributed by atoms with Crippen molar-refractivity contribution in [3.8, 4) is 0 Å². The molecule has 0 radical (unpaired) electrons. The SMILES string of the molecule is CCN1CCc2cc(CCN=C=O)ccc21. The van der Waals surface area contributed by atoms with Gasteiger partial charge in [-0.1, -0.05) is 12.1 Å². The quantitative estimate of drug-likeness (QED) is 0.569. The first kappa shape index (κ1) is 10.9. The van der Waals surface area contributed by atoms with E-state index in [0.717, 1.165) is 25.9 Å². The second-order valence-electron chi connectivity index (χ2n) is 4.02. The fourth-order valence-corrected chi connectivity index (χ4v) is 2.24. The molecule has 0 amide bonds. The number of hydrogen-bond donors (Lipinski definition) is 0. The standard InChI is InChI=1S/C13H16N2O/c1-2-15-8-6-12-9-11(3-4-13(12)15)5-7-14-10-16/h3-4,9H,2,5-8H2,1H3. The van der Waals surface area contributed by atoms with Crippen LogP contribution in [0.2, 0.25) is 0 Å². The summed E-state index contributed by atoms with van der Waals surface area (Å²) < 4.78 is 0. The Morgan fingerprint density at radius 2 is 2.38 bits per heavy atom. The van der Waals surface area contributed by atoms with Crippen molar-refractivity contribution in [3.63, 3.8) is 0 Å². The lowest BCUT2D eigenvalue weighted by Gasteiger charge is -2.16. The highest BCUT2D eigenvalue weighted by Crippen LogP contribution is 2.28. The van der Waals surface area contributed by atoms with Gasteiger partial charge in [0.25, 0.3) is 0 Å². The van der Waals surface area contributed by atoms with Gasteiger partial charge in [-0.05, 0) is 37.0 Å². The molecule has 0 aliphatic carbocycles. The molecule has 2 rings (SSSR count). The second kappa shape index (κ2) is 4.95. The first-order valence-corrected chi connectivity index (χ1v) is 5.75. The molecule has 0 aromatic heterocycles. The Morgan fingerprint density at radius 1 is 1.50 bits per heavy atom. The number of nitrogens with zero attached hydrogens (tertiary/aromatic N) is 2. The summed E-state index contributed by atoms with van der Waals surface area (Å²) >= 11 is 0. The lowest BCUT2D eigenvalue weighted by molar-refractivity contribution is 0.563. The zero-order valence-corrected chi connectivity index (χ0v) is 9.57. The molecule has 1 aliphatic rings. The molecule has 3 nitrogen and oxygen atoms in total. The summed E-state index contributed by atoms with van der Waals surface area (Å²) in [5, 5.41) is 0. The van der Waals surface area contributed by atoms with E-state index < -0.39 is 0 Å². The van der Waals surface area contributed by atoms with Crippen LogP contribution in [0.25, 0.3) is 0 Å². The average Bonchev–Trinajstić information content (AvgIpc) is 2.71.